The van der Waals surface area contributed by atoms with Gasteiger partial charge in [-0.1, -0.05) is 11.6 Å². The highest BCUT2D eigenvalue weighted by atomic mass is 35.5. The number of nitriles is 1. The smallest absolute Gasteiger partial charge is 0.146 e. The number of rotatable bonds is 3. The molecule has 6 heteroatoms. The van der Waals surface area contributed by atoms with Gasteiger partial charge in [-0.05, 0) is 19.9 Å². The molecule has 0 unspecified atom stereocenters. The van der Waals surface area contributed by atoms with Crippen molar-refractivity contribution in [3.05, 3.63) is 39.4 Å². The molecule has 0 amide bonds. The monoisotopic (exact) mass is 278 g/mol. The Labute approximate surface area is 114 Å². The molecular formula is C12H11ClN4S. The van der Waals surface area contributed by atoms with E-state index in [1.54, 1.807) is 29.8 Å². The van der Waals surface area contributed by atoms with Gasteiger partial charge in [0.2, 0.25) is 0 Å². The van der Waals surface area contributed by atoms with E-state index in [0.717, 1.165) is 5.01 Å². The number of anilines is 1. The summed E-state index contributed by atoms with van der Waals surface area (Å²) in [4.78, 5) is 8.44. The molecule has 0 saturated heterocycles. The maximum atomic E-state index is 8.92. The molecule has 1 N–H and O–H groups in total. The molecule has 2 heterocycles. The lowest BCUT2D eigenvalue weighted by molar-refractivity contribution is 0.601. The Bertz CT molecular complexity index is 587. The van der Waals surface area contributed by atoms with E-state index in [1.165, 1.54) is 0 Å². The summed E-state index contributed by atoms with van der Waals surface area (Å²) in [5.74, 6) is 0.496. The zero-order chi connectivity index (χ0) is 13.2. The lowest BCUT2D eigenvalue weighted by Gasteiger charge is -2.25. The molecule has 0 aromatic carbocycles. The van der Waals surface area contributed by atoms with E-state index < -0.39 is 0 Å². The quantitative estimate of drug-likeness (QED) is 0.934. The summed E-state index contributed by atoms with van der Waals surface area (Å²) < 4.78 is 0. The molecule has 92 valence electrons. The molecule has 0 bridgehead atoms. The van der Waals surface area contributed by atoms with Crippen LogP contribution in [0.2, 0.25) is 5.02 Å². The summed E-state index contributed by atoms with van der Waals surface area (Å²) in [5, 5.41) is 15.3. The van der Waals surface area contributed by atoms with Crippen molar-refractivity contribution >= 4 is 28.8 Å². The van der Waals surface area contributed by atoms with Gasteiger partial charge >= 0.3 is 0 Å². The summed E-state index contributed by atoms with van der Waals surface area (Å²) in [6.45, 7) is 3.98. The Balaban J connectivity index is 2.33. The second kappa shape index (κ2) is 4.92. The minimum absolute atomic E-state index is 0.338. The topological polar surface area (TPSA) is 61.6 Å². The SMILES string of the molecule is CC(C)(Nc1nccc(C#N)c1Cl)c1nccs1. The fraction of sp³-hybridized carbons (Fsp3) is 0.250. The second-order valence-electron chi connectivity index (χ2n) is 4.22. The maximum Gasteiger partial charge on any atom is 0.146 e. The van der Waals surface area contributed by atoms with E-state index in [2.05, 4.69) is 15.3 Å². The summed E-state index contributed by atoms with van der Waals surface area (Å²) in [6.07, 6.45) is 3.31. The molecule has 0 saturated carbocycles. The highest BCUT2D eigenvalue weighted by Gasteiger charge is 2.25. The van der Waals surface area contributed by atoms with Crippen LogP contribution < -0.4 is 5.32 Å². The molecule has 2 aromatic heterocycles. The summed E-state index contributed by atoms with van der Waals surface area (Å²) in [5.41, 5.74) is 0.0166. The molecule has 0 aliphatic rings. The second-order valence-corrected chi connectivity index (χ2v) is 5.49. The Kier molecular flexibility index (Phi) is 3.50. The highest BCUT2D eigenvalue weighted by Crippen LogP contribution is 2.30. The van der Waals surface area contributed by atoms with Crippen molar-refractivity contribution in [3.8, 4) is 6.07 Å². The molecule has 4 nitrogen and oxygen atoms in total. The maximum absolute atomic E-state index is 8.92. The first kappa shape index (κ1) is 12.8. The number of hydrogen-bond acceptors (Lipinski definition) is 5. The summed E-state index contributed by atoms with van der Waals surface area (Å²) in [6, 6.07) is 3.62. The average molecular weight is 279 g/mol. The Hall–Kier alpha value is -1.64. The summed E-state index contributed by atoms with van der Waals surface area (Å²) >= 11 is 7.67. The van der Waals surface area contributed by atoms with Gasteiger partial charge < -0.3 is 5.32 Å². The van der Waals surface area contributed by atoms with Gasteiger partial charge in [0.25, 0.3) is 0 Å². The van der Waals surface area contributed by atoms with Gasteiger partial charge in [0.05, 0.1) is 11.1 Å². The first-order chi connectivity index (χ1) is 8.54. The normalized spacial score (nSPS) is 11.0. The fourth-order valence-electron chi connectivity index (χ4n) is 1.50. The van der Waals surface area contributed by atoms with Crippen LogP contribution in [0, 0.1) is 11.3 Å². The van der Waals surface area contributed by atoms with Crippen LogP contribution in [0.1, 0.15) is 24.4 Å². The molecule has 0 radical (unpaired) electrons. The van der Waals surface area contributed by atoms with Crippen molar-refractivity contribution in [2.45, 2.75) is 19.4 Å². The van der Waals surface area contributed by atoms with Gasteiger partial charge in [-0.15, -0.1) is 11.3 Å². The first-order valence-electron chi connectivity index (χ1n) is 5.27. The predicted octanol–water partition coefficient (Wildman–Crippen LogP) is 3.41. The van der Waals surface area contributed by atoms with Crippen LogP contribution in [0.4, 0.5) is 5.82 Å². The van der Waals surface area contributed by atoms with E-state index >= 15 is 0 Å². The van der Waals surface area contributed by atoms with Gasteiger partial charge in [0.15, 0.2) is 0 Å². The van der Waals surface area contributed by atoms with Gasteiger partial charge in [-0.3, -0.25) is 0 Å². The van der Waals surface area contributed by atoms with Crippen molar-refractivity contribution < 1.29 is 0 Å². The molecule has 2 rings (SSSR count). The van der Waals surface area contributed by atoms with Crippen LogP contribution in [-0.4, -0.2) is 9.97 Å². The van der Waals surface area contributed by atoms with Crippen molar-refractivity contribution in [1.82, 2.24) is 9.97 Å². The van der Waals surface area contributed by atoms with Crippen LogP contribution >= 0.6 is 22.9 Å². The average Bonchev–Trinajstić information content (AvgIpc) is 2.86. The van der Waals surface area contributed by atoms with Crippen LogP contribution in [0.15, 0.2) is 23.8 Å². The lowest BCUT2D eigenvalue weighted by Crippen LogP contribution is -2.28. The number of hydrogen-bond donors (Lipinski definition) is 1. The van der Waals surface area contributed by atoms with Gasteiger partial charge in [-0.2, -0.15) is 5.26 Å². The first-order valence-corrected chi connectivity index (χ1v) is 6.53. The Morgan fingerprint density at radius 1 is 1.39 bits per heavy atom. The Morgan fingerprint density at radius 3 is 2.78 bits per heavy atom. The van der Waals surface area contributed by atoms with E-state index in [4.69, 9.17) is 16.9 Å². The molecule has 0 atom stereocenters. The van der Waals surface area contributed by atoms with Gasteiger partial charge in [0, 0.05) is 17.8 Å². The number of nitrogens with zero attached hydrogens (tertiary/aromatic N) is 3. The molecule has 0 fully saturated rings. The minimum Gasteiger partial charge on any atom is -0.357 e. The molecule has 0 aliphatic heterocycles. The van der Waals surface area contributed by atoms with E-state index in [9.17, 15) is 0 Å². The molecule has 0 aliphatic carbocycles. The molecule has 2 aromatic rings. The van der Waals surface area contributed by atoms with Crippen molar-refractivity contribution in [1.29, 1.82) is 5.26 Å². The van der Waals surface area contributed by atoms with Crippen LogP contribution in [0.5, 0.6) is 0 Å². The number of pyridine rings is 1. The van der Waals surface area contributed by atoms with Gasteiger partial charge in [0.1, 0.15) is 21.9 Å². The van der Waals surface area contributed by atoms with Crippen LogP contribution in [-0.2, 0) is 5.54 Å². The van der Waals surface area contributed by atoms with E-state index in [0.29, 0.717) is 16.4 Å². The van der Waals surface area contributed by atoms with Crippen LogP contribution in [0.25, 0.3) is 0 Å². The fourth-order valence-corrected chi connectivity index (χ4v) is 2.42. The molecular weight excluding hydrogens is 268 g/mol. The lowest BCUT2D eigenvalue weighted by atomic mass is 10.1. The third-order valence-corrected chi connectivity index (χ3v) is 3.89. The minimum atomic E-state index is -0.390. The molecule has 18 heavy (non-hydrogen) atoms. The number of halogens is 1. The summed E-state index contributed by atoms with van der Waals surface area (Å²) in [7, 11) is 0. The predicted molar refractivity (Wildman–Crippen MR) is 72.7 cm³/mol. The van der Waals surface area contributed by atoms with Crippen LogP contribution in [0.3, 0.4) is 0 Å². The zero-order valence-corrected chi connectivity index (χ0v) is 11.5. The largest absolute Gasteiger partial charge is 0.357 e. The number of thiazole rings is 1. The van der Waals surface area contributed by atoms with Crippen molar-refractivity contribution in [3.63, 3.8) is 0 Å². The Morgan fingerprint density at radius 2 is 2.17 bits per heavy atom. The van der Waals surface area contributed by atoms with Crippen molar-refractivity contribution in [2.24, 2.45) is 0 Å². The van der Waals surface area contributed by atoms with Gasteiger partial charge in [-0.25, -0.2) is 9.97 Å². The van der Waals surface area contributed by atoms with Crippen molar-refractivity contribution in [2.75, 3.05) is 5.32 Å². The standard InChI is InChI=1S/C12H11ClN4S/c1-12(2,11-16-5-6-18-11)17-10-9(13)8(7-14)3-4-15-10/h3-6H,1-2H3,(H,15,17). The van der Waals surface area contributed by atoms with E-state index in [1.807, 2.05) is 25.3 Å². The van der Waals surface area contributed by atoms with E-state index in [-0.39, 0.29) is 5.54 Å². The number of aromatic nitrogens is 2. The molecule has 0 spiro atoms. The third kappa shape index (κ3) is 2.45. The third-order valence-electron chi connectivity index (χ3n) is 2.41. The highest BCUT2D eigenvalue weighted by molar-refractivity contribution is 7.09. The number of nitrogens with one attached hydrogen (secondary N) is 1. The zero-order valence-electron chi connectivity index (χ0n) is 9.94.